The molecule has 2 amide bonds. The van der Waals surface area contributed by atoms with Gasteiger partial charge in [0.15, 0.2) is 6.54 Å². The van der Waals surface area contributed by atoms with Crippen LogP contribution >= 0.6 is 0 Å². The van der Waals surface area contributed by atoms with Gasteiger partial charge in [-0.25, -0.2) is 0 Å². The first-order valence-electron chi connectivity index (χ1n) is 9.61. The molecule has 1 aliphatic rings. The number of amides is 2. The molecule has 3 rings (SSSR count). The number of nitrogens with two attached hydrogens (primary N) is 1. The Morgan fingerprint density at radius 2 is 1.85 bits per heavy atom. The first-order valence-corrected chi connectivity index (χ1v) is 9.61. The highest BCUT2D eigenvalue weighted by molar-refractivity contribution is 6.10. The lowest BCUT2D eigenvalue weighted by Crippen LogP contribution is -2.88. The molecule has 0 fully saturated rings. The third-order valence-corrected chi connectivity index (χ3v) is 5.11. The fourth-order valence-electron chi connectivity index (χ4n) is 3.56. The van der Waals surface area contributed by atoms with Crippen molar-refractivity contribution in [1.82, 2.24) is 0 Å². The maximum Gasteiger partial charge on any atom is 0.282 e. The Bertz CT molecular complexity index is 815. The molecule has 2 aromatic carbocycles. The van der Waals surface area contributed by atoms with Gasteiger partial charge >= 0.3 is 0 Å². The van der Waals surface area contributed by atoms with E-state index in [9.17, 15) is 9.59 Å². The Morgan fingerprint density at radius 1 is 1.15 bits per heavy atom. The molecular weight excluding hydrogens is 338 g/mol. The zero-order chi connectivity index (χ0) is 19.4. The Morgan fingerprint density at radius 3 is 2.52 bits per heavy atom. The van der Waals surface area contributed by atoms with Crippen molar-refractivity contribution < 1.29 is 14.9 Å². The van der Waals surface area contributed by atoms with Gasteiger partial charge in [0.2, 0.25) is 5.91 Å². The number of quaternary nitrogens is 1. The molecule has 5 nitrogen and oxygen atoms in total. The lowest BCUT2D eigenvalue weighted by molar-refractivity contribution is -0.692. The van der Waals surface area contributed by atoms with E-state index in [0.29, 0.717) is 18.2 Å². The first kappa shape index (κ1) is 19.1. The highest BCUT2D eigenvalue weighted by Gasteiger charge is 2.29. The van der Waals surface area contributed by atoms with Crippen LogP contribution in [0.3, 0.4) is 0 Å². The van der Waals surface area contributed by atoms with Crippen LogP contribution in [-0.2, 0) is 16.0 Å². The van der Waals surface area contributed by atoms with Crippen molar-refractivity contribution in [3.63, 3.8) is 0 Å². The minimum absolute atomic E-state index is 0.0480. The van der Waals surface area contributed by atoms with E-state index >= 15 is 0 Å². The predicted molar refractivity (Wildman–Crippen MR) is 108 cm³/mol. The van der Waals surface area contributed by atoms with Crippen LogP contribution in [0.25, 0.3) is 0 Å². The summed E-state index contributed by atoms with van der Waals surface area (Å²) in [6.07, 6.45) is 1.02. The summed E-state index contributed by atoms with van der Waals surface area (Å²) >= 11 is 0. The number of fused-ring (bicyclic) bond motifs is 1. The summed E-state index contributed by atoms with van der Waals surface area (Å²) in [5.41, 5.74) is 4.00. The number of para-hydroxylation sites is 2. The van der Waals surface area contributed by atoms with E-state index in [2.05, 4.69) is 55.7 Å². The van der Waals surface area contributed by atoms with Gasteiger partial charge in [-0.15, -0.1) is 0 Å². The van der Waals surface area contributed by atoms with E-state index in [1.807, 2.05) is 24.3 Å². The number of carbonyl (C=O) groups is 2. The summed E-state index contributed by atoms with van der Waals surface area (Å²) in [6.45, 7) is 6.86. The molecule has 0 unspecified atom stereocenters. The standard InChI is InChI=1S/C22H27N3O2/c1-4-16-9-11-17(12-10-16)22(15(2)3)23-13-21(27)25-14-20(26)24-18-7-5-6-8-19(18)25/h5-12,15,22-23H,4,13-14H2,1-3H3,(H,24,26)/p+1/t22-/m1/s1. The van der Waals surface area contributed by atoms with Gasteiger partial charge in [-0.05, 0) is 24.1 Å². The second-order valence-electron chi connectivity index (χ2n) is 7.35. The highest BCUT2D eigenvalue weighted by atomic mass is 16.2. The number of nitrogens with one attached hydrogen (secondary N) is 1. The van der Waals surface area contributed by atoms with Crippen LogP contribution in [0.15, 0.2) is 48.5 Å². The SMILES string of the molecule is CCc1ccc([C@H]([NH2+]CC(=O)N2CC(=O)Nc3ccccc32)C(C)C)cc1. The second-order valence-corrected chi connectivity index (χ2v) is 7.35. The molecule has 0 aromatic heterocycles. The topological polar surface area (TPSA) is 66.0 Å². The van der Waals surface area contributed by atoms with E-state index in [0.717, 1.165) is 12.1 Å². The minimum Gasteiger partial charge on any atom is -0.332 e. The molecule has 1 heterocycles. The van der Waals surface area contributed by atoms with Crippen LogP contribution in [0.5, 0.6) is 0 Å². The van der Waals surface area contributed by atoms with E-state index < -0.39 is 0 Å². The lowest BCUT2D eigenvalue weighted by atomic mass is 9.95. The number of hydrogen-bond donors (Lipinski definition) is 2. The molecule has 0 saturated carbocycles. The summed E-state index contributed by atoms with van der Waals surface area (Å²) in [5, 5.41) is 4.91. The molecule has 0 saturated heterocycles. The average Bonchev–Trinajstić information content (AvgIpc) is 2.67. The molecule has 0 radical (unpaired) electrons. The number of carbonyl (C=O) groups excluding carboxylic acids is 2. The Kier molecular flexibility index (Phi) is 5.91. The molecule has 1 aliphatic heterocycles. The number of benzene rings is 2. The normalized spacial score (nSPS) is 14.7. The molecule has 1 atom stereocenters. The van der Waals surface area contributed by atoms with E-state index in [1.54, 1.807) is 4.90 Å². The summed E-state index contributed by atoms with van der Waals surface area (Å²) < 4.78 is 0. The highest BCUT2D eigenvalue weighted by Crippen LogP contribution is 2.28. The Balaban J connectivity index is 1.72. The second kappa shape index (κ2) is 8.35. The minimum atomic E-state index is -0.155. The van der Waals surface area contributed by atoms with Crippen LogP contribution in [-0.4, -0.2) is 24.9 Å². The summed E-state index contributed by atoms with van der Waals surface area (Å²) in [6, 6.07) is 16.3. The van der Waals surface area contributed by atoms with Gasteiger partial charge < -0.3 is 10.6 Å². The fraction of sp³-hybridized carbons (Fsp3) is 0.364. The van der Waals surface area contributed by atoms with Crippen molar-refractivity contribution in [1.29, 1.82) is 0 Å². The quantitative estimate of drug-likeness (QED) is 0.825. The molecule has 0 aliphatic carbocycles. The van der Waals surface area contributed by atoms with Gasteiger partial charge in [0.25, 0.3) is 5.91 Å². The van der Waals surface area contributed by atoms with Crippen LogP contribution in [0.2, 0.25) is 0 Å². The largest absolute Gasteiger partial charge is 0.332 e. The van der Waals surface area contributed by atoms with Gasteiger partial charge in [-0.3, -0.25) is 14.5 Å². The maximum absolute atomic E-state index is 12.9. The Labute approximate surface area is 160 Å². The molecule has 3 N–H and O–H groups in total. The lowest BCUT2D eigenvalue weighted by Gasteiger charge is -2.29. The van der Waals surface area contributed by atoms with Gasteiger partial charge in [0, 0.05) is 11.5 Å². The van der Waals surface area contributed by atoms with Gasteiger partial charge in [-0.1, -0.05) is 57.2 Å². The fourth-order valence-corrected chi connectivity index (χ4v) is 3.56. The predicted octanol–water partition coefficient (Wildman–Crippen LogP) is 2.49. The van der Waals surface area contributed by atoms with Crippen LogP contribution in [0.1, 0.15) is 37.9 Å². The molecular formula is C22H28N3O2+. The van der Waals surface area contributed by atoms with Crippen LogP contribution < -0.4 is 15.5 Å². The van der Waals surface area contributed by atoms with Crippen molar-refractivity contribution in [3.8, 4) is 0 Å². The van der Waals surface area contributed by atoms with Crippen molar-refractivity contribution >= 4 is 23.2 Å². The van der Waals surface area contributed by atoms with Gasteiger partial charge in [0.1, 0.15) is 12.6 Å². The third kappa shape index (κ3) is 4.37. The van der Waals surface area contributed by atoms with Crippen molar-refractivity contribution in [2.75, 3.05) is 23.3 Å². The Hall–Kier alpha value is -2.66. The number of hydrogen-bond acceptors (Lipinski definition) is 2. The number of anilines is 2. The summed E-state index contributed by atoms with van der Waals surface area (Å²) in [5.74, 6) is 0.188. The van der Waals surface area contributed by atoms with Crippen LogP contribution in [0.4, 0.5) is 11.4 Å². The molecule has 142 valence electrons. The van der Waals surface area contributed by atoms with Gasteiger partial charge in [0.05, 0.1) is 11.4 Å². The molecule has 5 heteroatoms. The average molecular weight is 366 g/mol. The first-order chi connectivity index (χ1) is 13.0. The molecule has 0 spiro atoms. The molecule has 27 heavy (non-hydrogen) atoms. The summed E-state index contributed by atoms with van der Waals surface area (Å²) in [7, 11) is 0. The number of aryl methyl sites for hydroxylation is 1. The van der Waals surface area contributed by atoms with E-state index in [1.165, 1.54) is 11.1 Å². The van der Waals surface area contributed by atoms with Crippen molar-refractivity contribution in [2.45, 2.75) is 33.2 Å². The van der Waals surface area contributed by atoms with E-state index in [4.69, 9.17) is 0 Å². The zero-order valence-electron chi connectivity index (χ0n) is 16.2. The van der Waals surface area contributed by atoms with Crippen LogP contribution in [0, 0.1) is 5.92 Å². The summed E-state index contributed by atoms with van der Waals surface area (Å²) in [4.78, 5) is 26.4. The van der Waals surface area contributed by atoms with Crippen molar-refractivity contribution in [3.05, 3.63) is 59.7 Å². The molecule has 0 bridgehead atoms. The number of nitrogens with zero attached hydrogens (tertiary/aromatic N) is 1. The maximum atomic E-state index is 12.9. The van der Waals surface area contributed by atoms with Gasteiger partial charge in [-0.2, -0.15) is 0 Å². The smallest absolute Gasteiger partial charge is 0.282 e. The number of rotatable bonds is 6. The monoisotopic (exact) mass is 366 g/mol. The molecule has 2 aromatic rings. The van der Waals surface area contributed by atoms with Crippen molar-refractivity contribution in [2.24, 2.45) is 5.92 Å². The van der Waals surface area contributed by atoms with E-state index in [-0.39, 0.29) is 24.4 Å². The zero-order valence-corrected chi connectivity index (χ0v) is 16.2. The third-order valence-electron chi connectivity index (χ3n) is 5.11.